The van der Waals surface area contributed by atoms with E-state index < -0.39 is 0 Å². The minimum absolute atomic E-state index is 0.313. The van der Waals surface area contributed by atoms with Crippen molar-refractivity contribution in [2.75, 3.05) is 5.73 Å². The lowest BCUT2D eigenvalue weighted by atomic mass is 9.99. The van der Waals surface area contributed by atoms with Crippen LogP contribution in [0.25, 0.3) is 22.0 Å². The average molecular weight is 301 g/mol. The lowest BCUT2D eigenvalue weighted by Crippen LogP contribution is -2.07. The third-order valence-corrected chi connectivity index (χ3v) is 4.61. The summed E-state index contributed by atoms with van der Waals surface area (Å²) >= 11 is 0. The van der Waals surface area contributed by atoms with E-state index >= 15 is 0 Å². The number of aromatic nitrogens is 1. The monoisotopic (exact) mass is 301 g/mol. The third kappa shape index (κ3) is 2.25. The van der Waals surface area contributed by atoms with Gasteiger partial charge in [0.1, 0.15) is 0 Å². The number of fused-ring (bicyclic) bond motifs is 1. The molecule has 3 heteroatoms. The van der Waals surface area contributed by atoms with Crippen molar-refractivity contribution < 1.29 is 0 Å². The number of hydrogen-bond acceptors (Lipinski definition) is 2. The van der Waals surface area contributed by atoms with E-state index in [-0.39, 0.29) is 0 Å². The average Bonchev–Trinajstić information content (AvgIpc) is 2.98. The Bertz CT molecular complexity index is 931. The summed E-state index contributed by atoms with van der Waals surface area (Å²) in [5, 5.41) is 1.26. The second kappa shape index (κ2) is 5.43. The van der Waals surface area contributed by atoms with Gasteiger partial charge in [0.25, 0.3) is 0 Å². The molecule has 3 nitrogen and oxygen atoms in total. The van der Waals surface area contributed by atoms with Gasteiger partial charge in [-0.2, -0.15) is 0 Å². The number of allylic oxidation sites excluding steroid dienone is 1. The molecule has 1 aliphatic heterocycles. The molecule has 3 aromatic rings. The Morgan fingerprint density at radius 2 is 1.96 bits per heavy atom. The van der Waals surface area contributed by atoms with Gasteiger partial charge in [0.2, 0.25) is 0 Å². The highest BCUT2D eigenvalue weighted by molar-refractivity contribution is 5.97. The largest absolute Gasteiger partial charge is 0.398 e. The fourth-order valence-corrected chi connectivity index (χ4v) is 3.30. The summed E-state index contributed by atoms with van der Waals surface area (Å²) in [5.41, 5.74) is 11.8. The molecule has 0 amide bonds. The van der Waals surface area contributed by atoms with Crippen LogP contribution in [0.5, 0.6) is 0 Å². The SMILES string of the molecule is Cc1c(N)cccc1-c1cn(C2C=CN=CC2)c2ccccc12. The smallest absolute Gasteiger partial charge is 0.0584 e. The van der Waals surface area contributed by atoms with Crippen LogP contribution < -0.4 is 5.73 Å². The number of nitrogen functional groups attached to an aromatic ring is 1. The van der Waals surface area contributed by atoms with Gasteiger partial charge in [0.05, 0.1) is 6.04 Å². The number of hydrogen-bond donors (Lipinski definition) is 1. The highest BCUT2D eigenvalue weighted by Gasteiger charge is 2.17. The van der Waals surface area contributed by atoms with Gasteiger partial charge in [-0.3, -0.25) is 4.99 Å². The van der Waals surface area contributed by atoms with E-state index in [1.807, 2.05) is 24.5 Å². The zero-order valence-corrected chi connectivity index (χ0v) is 13.1. The van der Waals surface area contributed by atoms with Crippen molar-refractivity contribution in [1.82, 2.24) is 4.57 Å². The van der Waals surface area contributed by atoms with E-state index in [4.69, 9.17) is 5.73 Å². The molecule has 0 radical (unpaired) electrons. The van der Waals surface area contributed by atoms with Crippen molar-refractivity contribution in [3.05, 3.63) is 66.5 Å². The first kappa shape index (κ1) is 13.8. The van der Waals surface area contributed by atoms with E-state index in [1.54, 1.807) is 0 Å². The van der Waals surface area contributed by atoms with Crippen LogP contribution >= 0.6 is 0 Å². The topological polar surface area (TPSA) is 43.3 Å². The minimum atomic E-state index is 0.313. The lowest BCUT2D eigenvalue weighted by Gasteiger charge is -2.16. The van der Waals surface area contributed by atoms with Gasteiger partial charge in [-0.1, -0.05) is 30.3 Å². The van der Waals surface area contributed by atoms with Crippen molar-refractivity contribution in [3.63, 3.8) is 0 Å². The first-order valence-electron chi connectivity index (χ1n) is 7.89. The molecular weight excluding hydrogens is 282 g/mol. The second-order valence-corrected chi connectivity index (χ2v) is 5.96. The van der Waals surface area contributed by atoms with Crippen molar-refractivity contribution in [2.24, 2.45) is 4.99 Å². The standard InChI is InChI=1S/C20H19N3/c1-14-16(6-4-7-19(14)21)18-13-23(15-9-11-22-12-10-15)20-8-3-2-5-17(18)20/h2-9,11-13,15H,10,21H2,1H3. The number of nitrogens with two attached hydrogens (primary N) is 1. The molecule has 0 bridgehead atoms. The molecule has 23 heavy (non-hydrogen) atoms. The predicted octanol–water partition coefficient (Wildman–Crippen LogP) is 4.73. The Balaban J connectivity index is 1.96. The van der Waals surface area contributed by atoms with E-state index in [2.05, 4.69) is 59.1 Å². The Labute approximate surface area is 135 Å². The molecule has 2 heterocycles. The summed E-state index contributed by atoms with van der Waals surface area (Å²) in [6.45, 7) is 2.09. The first-order chi connectivity index (χ1) is 11.3. The molecule has 0 fully saturated rings. The number of benzene rings is 2. The van der Waals surface area contributed by atoms with Crippen LogP contribution in [0.15, 0.2) is 65.9 Å². The van der Waals surface area contributed by atoms with E-state index in [9.17, 15) is 0 Å². The molecule has 0 saturated heterocycles. The van der Waals surface area contributed by atoms with Crippen LogP contribution in [0.2, 0.25) is 0 Å². The van der Waals surface area contributed by atoms with Crippen molar-refractivity contribution >= 4 is 22.8 Å². The molecule has 2 N–H and O–H groups in total. The maximum atomic E-state index is 6.12. The third-order valence-electron chi connectivity index (χ3n) is 4.61. The molecule has 114 valence electrons. The second-order valence-electron chi connectivity index (χ2n) is 5.96. The van der Waals surface area contributed by atoms with Crippen LogP contribution in [-0.4, -0.2) is 10.8 Å². The van der Waals surface area contributed by atoms with Crippen molar-refractivity contribution in [3.8, 4) is 11.1 Å². The van der Waals surface area contributed by atoms with Gasteiger partial charge < -0.3 is 10.3 Å². The fourth-order valence-electron chi connectivity index (χ4n) is 3.30. The molecule has 1 aliphatic rings. The number of nitrogens with zero attached hydrogens (tertiary/aromatic N) is 2. The molecular formula is C20H19N3. The quantitative estimate of drug-likeness (QED) is 0.683. The van der Waals surface area contributed by atoms with E-state index in [0.717, 1.165) is 17.7 Å². The normalized spacial score (nSPS) is 17.0. The fraction of sp³-hybridized carbons (Fsp3) is 0.150. The van der Waals surface area contributed by atoms with Crippen LogP contribution in [-0.2, 0) is 0 Å². The molecule has 1 unspecified atom stereocenters. The maximum Gasteiger partial charge on any atom is 0.0584 e. The minimum Gasteiger partial charge on any atom is -0.398 e. The van der Waals surface area contributed by atoms with Gasteiger partial charge in [0, 0.05) is 47.2 Å². The van der Waals surface area contributed by atoms with Gasteiger partial charge in [-0.15, -0.1) is 0 Å². The molecule has 2 aromatic carbocycles. The highest BCUT2D eigenvalue weighted by Crippen LogP contribution is 2.36. The molecule has 0 aliphatic carbocycles. The Morgan fingerprint density at radius 1 is 1.09 bits per heavy atom. The lowest BCUT2D eigenvalue weighted by molar-refractivity contribution is 0.648. The molecule has 1 atom stereocenters. The summed E-state index contributed by atoms with van der Waals surface area (Å²) in [7, 11) is 0. The van der Waals surface area contributed by atoms with Crippen molar-refractivity contribution in [2.45, 2.75) is 19.4 Å². The maximum absolute atomic E-state index is 6.12. The first-order valence-corrected chi connectivity index (χ1v) is 7.89. The van der Waals surface area contributed by atoms with Crippen LogP contribution in [0, 0.1) is 6.92 Å². The zero-order chi connectivity index (χ0) is 15.8. The van der Waals surface area contributed by atoms with Crippen LogP contribution in [0.1, 0.15) is 18.0 Å². The summed E-state index contributed by atoms with van der Waals surface area (Å²) in [6.07, 6.45) is 9.19. The van der Waals surface area contributed by atoms with Gasteiger partial charge >= 0.3 is 0 Å². The van der Waals surface area contributed by atoms with E-state index in [0.29, 0.717) is 6.04 Å². The number of para-hydroxylation sites is 1. The molecule has 0 spiro atoms. The summed E-state index contributed by atoms with van der Waals surface area (Å²) in [6, 6.07) is 15.0. The molecule has 1 aromatic heterocycles. The number of rotatable bonds is 2. The number of aliphatic imine (C=N–C) groups is 1. The van der Waals surface area contributed by atoms with Crippen LogP contribution in [0.3, 0.4) is 0 Å². The van der Waals surface area contributed by atoms with Crippen LogP contribution in [0.4, 0.5) is 5.69 Å². The Morgan fingerprint density at radius 3 is 2.78 bits per heavy atom. The highest BCUT2D eigenvalue weighted by atomic mass is 15.0. The summed E-state index contributed by atoms with van der Waals surface area (Å²) in [5.74, 6) is 0. The molecule has 4 rings (SSSR count). The van der Waals surface area contributed by atoms with Gasteiger partial charge in [0.15, 0.2) is 0 Å². The summed E-state index contributed by atoms with van der Waals surface area (Å²) < 4.78 is 2.34. The predicted molar refractivity (Wildman–Crippen MR) is 97.8 cm³/mol. The number of anilines is 1. The van der Waals surface area contributed by atoms with Gasteiger partial charge in [-0.25, -0.2) is 0 Å². The molecule has 0 saturated carbocycles. The zero-order valence-electron chi connectivity index (χ0n) is 13.1. The van der Waals surface area contributed by atoms with Crippen molar-refractivity contribution in [1.29, 1.82) is 0 Å². The summed E-state index contributed by atoms with van der Waals surface area (Å²) in [4.78, 5) is 4.19. The Hall–Kier alpha value is -2.81. The van der Waals surface area contributed by atoms with E-state index in [1.165, 1.54) is 22.0 Å². The van der Waals surface area contributed by atoms with Gasteiger partial charge in [-0.05, 0) is 36.3 Å². The Kier molecular flexibility index (Phi) is 3.27.